The first-order valence-electron chi connectivity index (χ1n) is 6.21. The number of methoxy groups -OCH3 is 1. The number of imidazole rings is 1. The molecule has 0 aliphatic carbocycles. The Kier molecular flexibility index (Phi) is 4.18. The lowest BCUT2D eigenvalue weighted by Crippen LogP contribution is -2.24. The predicted molar refractivity (Wildman–Crippen MR) is 72.7 cm³/mol. The quantitative estimate of drug-likeness (QED) is 0.893. The summed E-state index contributed by atoms with van der Waals surface area (Å²) >= 11 is 0. The van der Waals surface area contributed by atoms with Crippen LogP contribution in [0.2, 0.25) is 0 Å². The second kappa shape index (κ2) is 6.04. The summed E-state index contributed by atoms with van der Waals surface area (Å²) < 4.78 is 6.91. The highest BCUT2D eigenvalue weighted by atomic mass is 16.5. The number of carbonyl (C=O) groups excluding carboxylic acids is 1. The highest BCUT2D eigenvalue weighted by Crippen LogP contribution is 2.15. The summed E-state index contributed by atoms with van der Waals surface area (Å²) in [6.45, 7) is 2.67. The Morgan fingerprint density at radius 1 is 1.37 bits per heavy atom. The molecule has 0 atom stereocenters. The monoisotopic (exact) mass is 259 g/mol. The molecule has 1 aromatic carbocycles. The van der Waals surface area contributed by atoms with Gasteiger partial charge >= 0.3 is 0 Å². The van der Waals surface area contributed by atoms with Gasteiger partial charge in [0.2, 0.25) is 0 Å². The van der Waals surface area contributed by atoms with Gasteiger partial charge in [-0.05, 0) is 30.7 Å². The van der Waals surface area contributed by atoms with E-state index in [9.17, 15) is 4.79 Å². The molecule has 19 heavy (non-hydrogen) atoms. The van der Waals surface area contributed by atoms with E-state index in [2.05, 4.69) is 10.3 Å². The van der Waals surface area contributed by atoms with Crippen LogP contribution >= 0.6 is 0 Å². The van der Waals surface area contributed by atoms with Crippen molar-refractivity contribution < 1.29 is 9.53 Å². The first-order valence-corrected chi connectivity index (χ1v) is 6.21. The van der Waals surface area contributed by atoms with Crippen molar-refractivity contribution in [2.45, 2.75) is 13.3 Å². The van der Waals surface area contributed by atoms with Gasteiger partial charge in [-0.25, -0.2) is 4.98 Å². The average molecular weight is 259 g/mol. The molecule has 100 valence electrons. The fourth-order valence-electron chi connectivity index (χ4n) is 1.66. The van der Waals surface area contributed by atoms with Crippen molar-refractivity contribution in [2.24, 2.45) is 0 Å². The molecule has 2 rings (SSSR count). The minimum atomic E-state index is -0.144. The fourth-order valence-corrected chi connectivity index (χ4v) is 1.66. The number of nitrogens with one attached hydrogen (secondary N) is 1. The van der Waals surface area contributed by atoms with Gasteiger partial charge in [0.25, 0.3) is 5.91 Å². The number of amides is 1. The van der Waals surface area contributed by atoms with Crippen LogP contribution in [0, 0.1) is 0 Å². The predicted octanol–water partition coefficient (Wildman–Crippen LogP) is 2.02. The molecule has 1 amide bonds. The Hall–Kier alpha value is -2.30. The fraction of sp³-hybridized carbons (Fsp3) is 0.286. The number of benzene rings is 1. The summed E-state index contributed by atoms with van der Waals surface area (Å²) in [6, 6.07) is 7.56. The first-order chi connectivity index (χ1) is 9.24. The summed E-state index contributed by atoms with van der Waals surface area (Å²) in [5, 5.41) is 2.80. The van der Waals surface area contributed by atoms with Crippen LogP contribution in [0.4, 0.5) is 0 Å². The molecule has 1 aromatic heterocycles. The molecule has 1 heterocycles. The summed E-state index contributed by atoms with van der Waals surface area (Å²) in [7, 11) is 1.63. The molecule has 5 nitrogen and oxygen atoms in total. The van der Waals surface area contributed by atoms with E-state index in [-0.39, 0.29) is 5.91 Å². The second-order valence-electron chi connectivity index (χ2n) is 4.12. The van der Waals surface area contributed by atoms with Crippen LogP contribution in [0.15, 0.2) is 36.8 Å². The van der Waals surface area contributed by atoms with Crippen LogP contribution in [-0.2, 0) is 0 Å². The molecule has 0 unspecified atom stereocenters. The molecule has 2 aromatic rings. The SMILES string of the molecule is CCCNC(=O)c1cn(-c2ccc(OC)cc2)cn1. The third-order valence-corrected chi connectivity index (χ3v) is 2.72. The largest absolute Gasteiger partial charge is 0.497 e. The summed E-state index contributed by atoms with van der Waals surface area (Å²) in [6.07, 6.45) is 4.25. The molecular weight excluding hydrogens is 242 g/mol. The van der Waals surface area contributed by atoms with E-state index in [1.807, 2.05) is 31.2 Å². The van der Waals surface area contributed by atoms with Crippen LogP contribution in [-0.4, -0.2) is 29.1 Å². The van der Waals surface area contributed by atoms with E-state index < -0.39 is 0 Å². The Bertz CT molecular complexity index is 546. The molecule has 5 heteroatoms. The molecule has 0 saturated heterocycles. The van der Waals surface area contributed by atoms with E-state index in [0.29, 0.717) is 12.2 Å². The highest BCUT2D eigenvalue weighted by molar-refractivity contribution is 5.92. The first kappa shape index (κ1) is 13.1. The Labute approximate surface area is 112 Å². The molecule has 0 bridgehead atoms. The smallest absolute Gasteiger partial charge is 0.271 e. The number of hydrogen-bond donors (Lipinski definition) is 1. The molecule has 0 fully saturated rings. The van der Waals surface area contributed by atoms with Crippen LogP contribution in [0.5, 0.6) is 5.75 Å². The van der Waals surface area contributed by atoms with Crippen LogP contribution in [0.1, 0.15) is 23.8 Å². The zero-order chi connectivity index (χ0) is 13.7. The van der Waals surface area contributed by atoms with Crippen LogP contribution in [0.25, 0.3) is 5.69 Å². The topological polar surface area (TPSA) is 56.2 Å². The van der Waals surface area contributed by atoms with Gasteiger partial charge in [-0.3, -0.25) is 4.79 Å². The van der Waals surface area contributed by atoms with E-state index in [1.165, 1.54) is 0 Å². The lowest BCUT2D eigenvalue weighted by molar-refractivity contribution is 0.0949. The maximum absolute atomic E-state index is 11.7. The van der Waals surface area contributed by atoms with Gasteiger partial charge < -0.3 is 14.6 Å². The van der Waals surface area contributed by atoms with Crippen molar-refractivity contribution >= 4 is 5.91 Å². The van der Waals surface area contributed by atoms with Crippen LogP contribution in [0.3, 0.4) is 0 Å². The highest BCUT2D eigenvalue weighted by Gasteiger charge is 2.08. The zero-order valence-electron chi connectivity index (χ0n) is 11.1. The van der Waals surface area contributed by atoms with E-state index in [0.717, 1.165) is 17.9 Å². The van der Waals surface area contributed by atoms with E-state index in [4.69, 9.17) is 4.74 Å². The van der Waals surface area contributed by atoms with Gasteiger partial charge in [0.05, 0.1) is 7.11 Å². The lowest BCUT2D eigenvalue weighted by atomic mass is 10.3. The Morgan fingerprint density at radius 2 is 2.11 bits per heavy atom. The van der Waals surface area contributed by atoms with Crippen molar-refractivity contribution in [3.8, 4) is 11.4 Å². The zero-order valence-corrected chi connectivity index (χ0v) is 11.1. The van der Waals surface area contributed by atoms with Crippen molar-refractivity contribution in [2.75, 3.05) is 13.7 Å². The van der Waals surface area contributed by atoms with Gasteiger partial charge in [-0.1, -0.05) is 6.92 Å². The summed E-state index contributed by atoms with van der Waals surface area (Å²) in [4.78, 5) is 15.8. The standard InChI is InChI=1S/C14H17N3O2/c1-3-8-15-14(18)13-9-17(10-16-13)11-4-6-12(19-2)7-5-11/h4-7,9-10H,3,8H2,1-2H3,(H,15,18). The third-order valence-electron chi connectivity index (χ3n) is 2.72. The van der Waals surface area contributed by atoms with Crippen LogP contribution < -0.4 is 10.1 Å². The molecular formula is C14H17N3O2. The molecule has 0 radical (unpaired) electrons. The maximum atomic E-state index is 11.7. The van der Waals surface area contributed by atoms with Crippen molar-refractivity contribution in [1.29, 1.82) is 0 Å². The molecule has 0 aliphatic heterocycles. The van der Waals surface area contributed by atoms with Gasteiger partial charge in [0, 0.05) is 18.4 Å². The Balaban J connectivity index is 2.13. The van der Waals surface area contributed by atoms with Crippen molar-refractivity contribution in [1.82, 2.24) is 14.9 Å². The molecule has 1 N–H and O–H groups in total. The number of rotatable bonds is 5. The summed E-state index contributed by atoms with van der Waals surface area (Å²) in [5.74, 6) is 0.652. The maximum Gasteiger partial charge on any atom is 0.271 e. The molecule has 0 saturated carbocycles. The normalized spacial score (nSPS) is 10.2. The van der Waals surface area contributed by atoms with Gasteiger partial charge in [0.15, 0.2) is 0 Å². The van der Waals surface area contributed by atoms with Gasteiger partial charge in [-0.15, -0.1) is 0 Å². The van der Waals surface area contributed by atoms with Crippen molar-refractivity contribution in [3.05, 3.63) is 42.5 Å². The molecule has 0 aliphatic rings. The van der Waals surface area contributed by atoms with E-state index >= 15 is 0 Å². The average Bonchev–Trinajstić information content (AvgIpc) is 2.94. The van der Waals surface area contributed by atoms with E-state index in [1.54, 1.807) is 24.2 Å². The number of hydrogen-bond acceptors (Lipinski definition) is 3. The number of ether oxygens (including phenoxy) is 1. The summed E-state index contributed by atoms with van der Waals surface area (Å²) in [5.41, 5.74) is 1.35. The minimum Gasteiger partial charge on any atom is -0.497 e. The minimum absolute atomic E-state index is 0.144. The second-order valence-corrected chi connectivity index (χ2v) is 4.12. The van der Waals surface area contributed by atoms with Gasteiger partial charge in [-0.2, -0.15) is 0 Å². The number of nitrogens with zero attached hydrogens (tertiary/aromatic N) is 2. The van der Waals surface area contributed by atoms with Gasteiger partial charge in [0.1, 0.15) is 17.8 Å². The number of aromatic nitrogens is 2. The number of carbonyl (C=O) groups is 1. The third kappa shape index (κ3) is 3.13. The Morgan fingerprint density at radius 3 is 2.74 bits per heavy atom. The molecule has 0 spiro atoms. The van der Waals surface area contributed by atoms with Crippen molar-refractivity contribution in [3.63, 3.8) is 0 Å². The lowest BCUT2D eigenvalue weighted by Gasteiger charge is -2.03.